The van der Waals surface area contributed by atoms with Gasteiger partial charge in [0.25, 0.3) is 0 Å². The zero-order chi connectivity index (χ0) is 35.9. The molecule has 0 rings (SSSR count). The molecule has 0 unspecified atom stereocenters. The lowest BCUT2D eigenvalue weighted by Crippen LogP contribution is -2.15. The molecule has 0 atom stereocenters. The predicted octanol–water partition coefficient (Wildman–Crippen LogP) is 4.31. The summed E-state index contributed by atoms with van der Waals surface area (Å²) >= 11 is 0. The fourth-order valence-electron chi connectivity index (χ4n) is 4.13. The van der Waals surface area contributed by atoms with Gasteiger partial charge in [0.15, 0.2) is 0 Å². The van der Waals surface area contributed by atoms with Gasteiger partial charge in [0.1, 0.15) is 6.67 Å². The van der Waals surface area contributed by atoms with Crippen molar-refractivity contribution in [2.24, 2.45) is 0 Å². The van der Waals surface area contributed by atoms with E-state index in [1.165, 1.54) is 44.9 Å². The molecule has 302 valence electrons. The molecular weight excluding hydrogens is 659 g/mol. The largest absolute Gasteiger partial charge is 0.379 e. The first-order valence-corrected chi connectivity index (χ1v) is 19.0. The summed E-state index contributed by atoms with van der Waals surface area (Å²) in [7, 11) is 0. The lowest BCUT2D eigenvalue weighted by atomic mass is 10.1. The lowest BCUT2D eigenvalue weighted by Gasteiger charge is -2.09. The van der Waals surface area contributed by atoms with Crippen molar-refractivity contribution in [3.63, 3.8) is 0 Å². The Labute approximate surface area is 302 Å². The Morgan fingerprint density at radius 1 is 0.220 bits per heavy atom. The molecule has 0 heterocycles. The Hall–Kier alpha value is -0.590. The van der Waals surface area contributed by atoms with Crippen LogP contribution in [0.15, 0.2) is 0 Å². The summed E-state index contributed by atoms with van der Waals surface area (Å²) in [6.45, 7) is 15.0. The van der Waals surface area contributed by atoms with Gasteiger partial charge in [-0.2, -0.15) is 0 Å². The van der Waals surface area contributed by atoms with Crippen LogP contribution in [0.25, 0.3) is 0 Å². The van der Waals surface area contributed by atoms with Gasteiger partial charge in [0.2, 0.25) is 0 Å². The van der Waals surface area contributed by atoms with Crippen LogP contribution < -0.4 is 0 Å². The molecule has 14 heteroatoms. The van der Waals surface area contributed by atoms with Gasteiger partial charge < -0.3 is 61.6 Å². The lowest BCUT2D eigenvalue weighted by molar-refractivity contribution is -0.0291. The minimum Gasteiger partial charge on any atom is -0.379 e. The monoisotopic (exact) mass is 733 g/mol. The molecule has 0 amide bonds. The van der Waals surface area contributed by atoms with Crippen molar-refractivity contribution in [3.05, 3.63) is 0 Å². The van der Waals surface area contributed by atoms with E-state index in [4.69, 9.17) is 61.6 Å². The van der Waals surface area contributed by atoms with Gasteiger partial charge in [0, 0.05) is 6.61 Å². The summed E-state index contributed by atoms with van der Waals surface area (Å²) in [5.74, 6) is 0. The number of hydrogen-bond donors (Lipinski definition) is 0. The van der Waals surface area contributed by atoms with E-state index in [1.807, 2.05) is 0 Å². The van der Waals surface area contributed by atoms with Crippen LogP contribution in [0.3, 0.4) is 0 Å². The van der Waals surface area contributed by atoms with Gasteiger partial charge >= 0.3 is 0 Å². The molecule has 50 heavy (non-hydrogen) atoms. The Bertz CT molecular complexity index is 536. The molecule has 0 aliphatic heterocycles. The fourth-order valence-corrected chi connectivity index (χ4v) is 4.13. The molecule has 0 saturated carbocycles. The Morgan fingerprint density at radius 2 is 0.400 bits per heavy atom. The average molecular weight is 733 g/mol. The third-order valence-electron chi connectivity index (χ3n) is 6.83. The summed E-state index contributed by atoms with van der Waals surface area (Å²) in [5, 5.41) is 0. The van der Waals surface area contributed by atoms with Crippen molar-refractivity contribution >= 4 is 0 Å². The Balaban J connectivity index is 3.04. The maximum Gasteiger partial charge on any atom is 0.113 e. The molecule has 0 aromatic carbocycles. The third kappa shape index (κ3) is 47.4. The normalized spacial score (nSPS) is 11.6. The first-order valence-electron chi connectivity index (χ1n) is 19.0. The van der Waals surface area contributed by atoms with Gasteiger partial charge in [-0.1, -0.05) is 51.9 Å². The zero-order valence-electron chi connectivity index (χ0n) is 31.4. The minimum absolute atomic E-state index is 0.114. The van der Waals surface area contributed by atoms with Crippen LogP contribution in [0.4, 0.5) is 4.39 Å². The quantitative estimate of drug-likeness (QED) is 0.0828. The van der Waals surface area contributed by atoms with Gasteiger partial charge in [-0.15, -0.1) is 0 Å². The van der Waals surface area contributed by atoms with Gasteiger partial charge in [-0.05, 0) is 6.42 Å². The molecule has 0 saturated heterocycles. The molecule has 0 spiro atoms. The SMILES string of the molecule is CCCCCCCCCCOCCOCCOCCOCCOCCOCCOCCOCCOCCOCCOCCOCCOCCF. The van der Waals surface area contributed by atoms with E-state index in [0.29, 0.717) is 159 Å². The zero-order valence-corrected chi connectivity index (χ0v) is 31.4. The summed E-state index contributed by atoms with van der Waals surface area (Å²) in [6, 6.07) is 0. The summed E-state index contributed by atoms with van der Waals surface area (Å²) in [6.07, 6.45) is 10.5. The standard InChI is InChI=1S/C36H73FO13/c1-2-3-4-5-6-7-8-9-11-38-13-15-40-17-19-42-21-23-44-25-27-46-29-31-48-33-35-50-36-34-49-32-30-47-28-26-45-24-22-43-20-18-41-16-14-39-12-10-37/h2-36H2,1H3. The van der Waals surface area contributed by atoms with Crippen molar-refractivity contribution in [3.8, 4) is 0 Å². The number of unbranched alkanes of at least 4 members (excludes halogenated alkanes) is 7. The highest BCUT2D eigenvalue weighted by atomic mass is 19.1. The van der Waals surface area contributed by atoms with E-state index in [9.17, 15) is 4.39 Å². The molecule has 0 aromatic heterocycles. The van der Waals surface area contributed by atoms with Crippen molar-refractivity contribution in [2.75, 3.05) is 178 Å². The molecule has 0 aromatic rings. The van der Waals surface area contributed by atoms with Crippen LogP contribution in [0.2, 0.25) is 0 Å². The van der Waals surface area contributed by atoms with Crippen LogP contribution in [-0.4, -0.2) is 178 Å². The van der Waals surface area contributed by atoms with E-state index >= 15 is 0 Å². The Kier molecular flexibility index (Phi) is 47.8. The molecular formula is C36H73FO13. The fraction of sp³-hybridized carbons (Fsp3) is 1.00. The minimum atomic E-state index is -0.474. The van der Waals surface area contributed by atoms with Crippen molar-refractivity contribution in [1.29, 1.82) is 0 Å². The van der Waals surface area contributed by atoms with E-state index in [2.05, 4.69) is 6.92 Å². The molecule has 0 aliphatic rings. The average Bonchev–Trinajstić information content (AvgIpc) is 3.13. The topological polar surface area (TPSA) is 120 Å². The van der Waals surface area contributed by atoms with E-state index in [1.54, 1.807) is 0 Å². The van der Waals surface area contributed by atoms with Gasteiger partial charge in [-0.3, -0.25) is 0 Å². The molecule has 0 aliphatic carbocycles. The second kappa shape index (κ2) is 48.4. The smallest absolute Gasteiger partial charge is 0.113 e. The van der Waals surface area contributed by atoms with Crippen molar-refractivity contribution in [2.45, 2.75) is 58.3 Å². The molecule has 0 radical (unpaired) electrons. The maximum absolute atomic E-state index is 11.8. The molecule has 0 N–H and O–H groups in total. The summed E-state index contributed by atoms with van der Waals surface area (Å²) < 4.78 is 82.5. The van der Waals surface area contributed by atoms with Gasteiger partial charge in [-0.25, -0.2) is 4.39 Å². The number of halogens is 1. The highest BCUT2D eigenvalue weighted by Gasteiger charge is 1.97. The molecule has 13 nitrogen and oxygen atoms in total. The van der Waals surface area contributed by atoms with Crippen LogP contribution in [0.5, 0.6) is 0 Å². The maximum atomic E-state index is 11.8. The van der Waals surface area contributed by atoms with Gasteiger partial charge in [0.05, 0.1) is 165 Å². The first-order chi connectivity index (χ1) is 24.9. The highest BCUT2D eigenvalue weighted by molar-refractivity contribution is 4.46. The number of alkyl halides is 1. The first kappa shape index (κ1) is 49.4. The van der Waals surface area contributed by atoms with Crippen LogP contribution in [-0.2, 0) is 61.6 Å². The van der Waals surface area contributed by atoms with Crippen molar-refractivity contribution in [1.82, 2.24) is 0 Å². The van der Waals surface area contributed by atoms with Crippen LogP contribution in [0.1, 0.15) is 58.3 Å². The van der Waals surface area contributed by atoms with E-state index in [-0.39, 0.29) is 6.61 Å². The summed E-state index contributed by atoms with van der Waals surface area (Å²) in [5.41, 5.74) is 0. The molecule has 0 fully saturated rings. The van der Waals surface area contributed by atoms with E-state index < -0.39 is 6.67 Å². The van der Waals surface area contributed by atoms with Crippen LogP contribution >= 0.6 is 0 Å². The second-order valence-corrected chi connectivity index (χ2v) is 11.1. The predicted molar refractivity (Wildman–Crippen MR) is 189 cm³/mol. The number of rotatable bonds is 47. The second-order valence-electron chi connectivity index (χ2n) is 11.1. The van der Waals surface area contributed by atoms with Crippen molar-refractivity contribution < 1.29 is 66.0 Å². The highest BCUT2D eigenvalue weighted by Crippen LogP contribution is 2.08. The third-order valence-corrected chi connectivity index (χ3v) is 6.83. The molecule has 0 bridgehead atoms. The number of hydrogen-bond acceptors (Lipinski definition) is 13. The Morgan fingerprint density at radius 3 is 0.620 bits per heavy atom. The van der Waals surface area contributed by atoms with Crippen LogP contribution in [0, 0.1) is 0 Å². The summed E-state index contributed by atoms with van der Waals surface area (Å²) in [4.78, 5) is 0. The number of ether oxygens (including phenoxy) is 13. The van der Waals surface area contributed by atoms with E-state index in [0.717, 1.165) is 13.0 Å².